The molecule has 17 heavy (non-hydrogen) atoms. The van der Waals surface area contributed by atoms with E-state index >= 15 is 0 Å². The van der Waals surface area contributed by atoms with Crippen molar-refractivity contribution >= 4 is 15.9 Å². The van der Waals surface area contributed by atoms with Gasteiger partial charge in [0.2, 0.25) is 0 Å². The molecule has 0 radical (unpaired) electrons. The van der Waals surface area contributed by atoms with Crippen molar-refractivity contribution in [3.63, 3.8) is 0 Å². The summed E-state index contributed by atoms with van der Waals surface area (Å²) < 4.78 is 6.92. The van der Waals surface area contributed by atoms with Crippen molar-refractivity contribution in [1.82, 2.24) is 5.32 Å². The van der Waals surface area contributed by atoms with Crippen LogP contribution in [0.1, 0.15) is 31.2 Å². The van der Waals surface area contributed by atoms with Crippen LogP contribution >= 0.6 is 15.9 Å². The van der Waals surface area contributed by atoms with Crippen LogP contribution in [0.2, 0.25) is 0 Å². The molecular weight excluding hydrogens is 278 g/mol. The minimum absolute atomic E-state index is 0.532. The summed E-state index contributed by atoms with van der Waals surface area (Å²) in [4.78, 5) is 0. The second kappa shape index (κ2) is 7.14. The minimum Gasteiger partial charge on any atom is -0.377 e. The molecular formula is C14H20BrNO. The van der Waals surface area contributed by atoms with Crippen LogP contribution in [0.3, 0.4) is 0 Å². The van der Waals surface area contributed by atoms with Gasteiger partial charge in [0.1, 0.15) is 0 Å². The van der Waals surface area contributed by atoms with Gasteiger partial charge >= 0.3 is 0 Å². The van der Waals surface area contributed by atoms with Crippen LogP contribution in [0, 0.1) is 0 Å². The minimum atomic E-state index is 0.532. The maximum atomic E-state index is 5.79. The van der Waals surface area contributed by atoms with Gasteiger partial charge in [-0.1, -0.05) is 40.9 Å². The molecule has 1 aromatic rings. The lowest BCUT2D eigenvalue weighted by Gasteiger charge is -2.11. The summed E-state index contributed by atoms with van der Waals surface area (Å²) >= 11 is 3.44. The highest BCUT2D eigenvalue weighted by Gasteiger charge is 2.14. The van der Waals surface area contributed by atoms with E-state index < -0.39 is 0 Å². The topological polar surface area (TPSA) is 21.3 Å². The second-order valence-electron chi connectivity index (χ2n) is 4.58. The predicted molar refractivity (Wildman–Crippen MR) is 74.1 cm³/mol. The molecule has 1 saturated carbocycles. The van der Waals surface area contributed by atoms with Gasteiger partial charge in [-0.05, 0) is 30.5 Å². The van der Waals surface area contributed by atoms with Gasteiger partial charge in [-0.3, -0.25) is 0 Å². The van der Waals surface area contributed by atoms with E-state index in [1.165, 1.54) is 31.2 Å². The van der Waals surface area contributed by atoms with Gasteiger partial charge in [0.05, 0.1) is 12.7 Å². The van der Waals surface area contributed by atoms with Crippen LogP contribution in [0.25, 0.3) is 0 Å². The van der Waals surface area contributed by atoms with Gasteiger partial charge in [-0.15, -0.1) is 0 Å². The first-order chi connectivity index (χ1) is 8.34. The Morgan fingerprint density at radius 1 is 1.18 bits per heavy atom. The molecule has 1 aliphatic carbocycles. The van der Waals surface area contributed by atoms with Gasteiger partial charge in [0.15, 0.2) is 0 Å². The summed E-state index contributed by atoms with van der Waals surface area (Å²) in [6, 6.07) is 8.42. The summed E-state index contributed by atoms with van der Waals surface area (Å²) in [7, 11) is 0. The number of benzene rings is 1. The van der Waals surface area contributed by atoms with Gasteiger partial charge in [-0.25, -0.2) is 0 Å². The third-order valence-corrected chi connectivity index (χ3v) is 3.71. The Hall–Kier alpha value is -0.380. The standard InChI is InChI=1S/C14H20BrNO/c15-13-7-5-12(6-8-13)11-16-9-10-17-14-3-1-2-4-14/h5-8,14,16H,1-4,9-11H2. The van der Waals surface area contributed by atoms with Crippen molar-refractivity contribution in [3.8, 4) is 0 Å². The zero-order valence-corrected chi connectivity index (χ0v) is 11.7. The molecule has 0 spiro atoms. The molecule has 1 N–H and O–H groups in total. The fourth-order valence-corrected chi connectivity index (χ4v) is 2.45. The lowest BCUT2D eigenvalue weighted by Crippen LogP contribution is -2.21. The van der Waals surface area contributed by atoms with E-state index in [4.69, 9.17) is 4.74 Å². The molecule has 1 aromatic carbocycles. The van der Waals surface area contributed by atoms with E-state index in [1.807, 2.05) is 0 Å². The second-order valence-corrected chi connectivity index (χ2v) is 5.50. The molecule has 94 valence electrons. The summed E-state index contributed by atoms with van der Waals surface area (Å²) in [5, 5.41) is 3.40. The Morgan fingerprint density at radius 2 is 1.88 bits per heavy atom. The molecule has 1 aliphatic rings. The molecule has 0 aliphatic heterocycles. The molecule has 0 aromatic heterocycles. The van der Waals surface area contributed by atoms with E-state index in [0.29, 0.717) is 6.10 Å². The van der Waals surface area contributed by atoms with E-state index in [0.717, 1.165) is 24.2 Å². The summed E-state index contributed by atoms with van der Waals surface area (Å²) in [6.07, 6.45) is 5.73. The lowest BCUT2D eigenvalue weighted by molar-refractivity contribution is 0.0603. The molecule has 0 atom stereocenters. The number of hydrogen-bond donors (Lipinski definition) is 1. The van der Waals surface area contributed by atoms with Crippen LogP contribution < -0.4 is 5.32 Å². The Labute approximate surface area is 112 Å². The molecule has 3 heteroatoms. The van der Waals surface area contributed by atoms with Crippen molar-refractivity contribution in [2.75, 3.05) is 13.2 Å². The van der Waals surface area contributed by atoms with Crippen molar-refractivity contribution in [3.05, 3.63) is 34.3 Å². The first-order valence-electron chi connectivity index (χ1n) is 6.41. The smallest absolute Gasteiger partial charge is 0.0594 e. The summed E-state index contributed by atoms with van der Waals surface area (Å²) in [5.41, 5.74) is 1.31. The number of nitrogens with one attached hydrogen (secondary N) is 1. The average molecular weight is 298 g/mol. The molecule has 0 unspecified atom stereocenters. The summed E-state index contributed by atoms with van der Waals surface area (Å²) in [5.74, 6) is 0. The summed E-state index contributed by atoms with van der Waals surface area (Å²) in [6.45, 7) is 2.69. The molecule has 0 bridgehead atoms. The van der Waals surface area contributed by atoms with E-state index in [-0.39, 0.29) is 0 Å². The van der Waals surface area contributed by atoms with Crippen molar-refractivity contribution in [2.24, 2.45) is 0 Å². The monoisotopic (exact) mass is 297 g/mol. The highest BCUT2D eigenvalue weighted by Crippen LogP contribution is 2.20. The van der Waals surface area contributed by atoms with E-state index in [9.17, 15) is 0 Å². The third kappa shape index (κ3) is 4.78. The van der Waals surface area contributed by atoms with Crippen LogP contribution in [0.15, 0.2) is 28.7 Å². The van der Waals surface area contributed by atoms with Gasteiger partial charge < -0.3 is 10.1 Å². The largest absolute Gasteiger partial charge is 0.377 e. The average Bonchev–Trinajstić information content (AvgIpc) is 2.84. The van der Waals surface area contributed by atoms with Crippen molar-refractivity contribution in [1.29, 1.82) is 0 Å². The SMILES string of the molecule is Brc1ccc(CNCCOC2CCCC2)cc1. The molecule has 1 fully saturated rings. The number of rotatable bonds is 6. The maximum Gasteiger partial charge on any atom is 0.0594 e. The molecule has 0 amide bonds. The fraction of sp³-hybridized carbons (Fsp3) is 0.571. The Kier molecular flexibility index (Phi) is 5.49. The zero-order chi connectivity index (χ0) is 11.9. The van der Waals surface area contributed by atoms with Crippen LogP contribution in [-0.4, -0.2) is 19.3 Å². The quantitative estimate of drug-likeness (QED) is 0.812. The van der Waals surface area contributed by atoms with Gasteiger partial charge in [-0.2, -0.15) is 0 Å². The first kappa shape index (κ1) is 13.1. The number of hydrogen-bond acceptors (Lipinski definition) is 2. The third-order valence-electron chi connectivity index (χ3n) is 3.18. The van der Waals surface area contributed by atoms with Gasteiger partial charge in [0.25, 0.3) is 0 Å². The van der Waals surface area contributed by atoms with Crippen LogP contribution in [-0.2, 0) is 11.3 Å². The van der Waals surface area contributed by atoms with Gasteiger partial charge in [0, 0.05) is 17.6 Å². The highest BCUT2D eigenvalue weighted by molar-refractivity contribution is 9.10. The Morgan fingerprint density at radius 3 is 2.59 bits per heavy atom. The number of ether oxygens (including phenoxy) is 1. The lowest BCUT2D eigenvalue weighted by atomic mass is 10.2. The first-order valence-corrected chi connectivity index (χ1v) is 7.20. The van der Waals surface area contributed by atoms with Crippen LogP contribution in [0.4, 0.5) is 0 Å². The molecule has 0 heterocycles. The normalized spacial score (nSPS) is 16.5. The molecule has 2 rings (SSSR count). The van der Waals surface area contributed by atoms with E-state index in [1.54, 1.807) is 0 Å². The van der Waals surface area contributed by atoms with Crippen molar-refractivity contribution in [2.45, 2.75) is 38.3 Å². The Balaban J connectivity index is 1.55. The van der Waals surface area contributed by atoms with Crippen molar-refractivity contribution < 1.29 is 4.74 Å². The predicted octanol–water partition coefficient (Wildman–Crippen LogP) is 3.50. The molecule has 0 saturated heterocycles. The van der Waals surface area contributed by atoms with E-state index in [2.05, 4.69) is 45.5 Å². The highest BCUT2D eigenvalue weighted by atomic mass is 79.9. The number of halogens is 1. The fourth-order valence-electron chi connectivity index (χ4n) is 2.19. The molecule has 2 nitrogen and oxygen atoms in total. The Bertz CT molecular complexity index is 319. The van der Waals surface area contributed by atoms with Crippen LogP contribution in [0.5, 0.6) is 0 Å². The zero-order valence-electron chi connectivity index (χ0n) is 10.1. The maximum absolute atomic E-state index is 5.79.